The molecule has 0 aromatic rings. The Morgan fingerprint density at radius 1 is 0.259 bits per heavy atom. The SMILES string of the molecule is CC/C=C\C/C=C\C/C=C\C/C=C\CCCCCCCCCCCCCCCCCCC(=O)OCC(COC(=O)CCCCCCC/C=C\CCCCCCCC)OC(=O)CCCCCCCCCCC/C=C\C/C=C\CCCCC. The van der Waals surface area contributed by atoms with Crippen molar-refractivity contribution in [3.05, 3.63) is 85.1 Å². The molecular formula is C75H132O6. The first kappa shape index (κ1) is 77.6. The third-order valence-corrected chi connectivity index (χ3v) is 15.4. The van der Waals surface area contributed by atoms with Crippen LogP contribution in [-0.2, 0) is 28.6 Å². The topological polar surface area (TPSA) is 78.9 Å². The van der Waals surface area contributed by atoms with Gasteiger partial charge in [-0.3, -0.25) is 14.4 Å². The maximum Gasteiger partial charge on any atom is 0.306 e. The van der Waals surface area contributed by atoms with Crippen molar-refractivity contribution < 1.29 is 28.6 Å². The Morgan fingerprint density at radius 3 is 0.790 bits per heavy atom. The van der Waals surface area contributed by atoms with E-state index in [4.69, 9.17) is 14.2 Å². The Kier molecular flexibility index (Phi) is 66.2. The molecule has 0 aromatic carbocycles. The number of unbranched alkanes of at least 4 members (excludes halogenated alkanes) is 39. The summed E-state index contributed by atoms with van der Waals surface area (Å²) in [5, 5.41) is 0. The molecule has 1 unspecified atom stereocenters. The molecule has 0 heterocycles. The summed E-state index contributed by atoms with van der Waals surface area (Å²) in [4.78, 5) is 38.4. The third-order valence-electron chi connectivity index (χ3n) is 15.4. The second kappa shape index (κ2) is 69.1. The zero-order valence-corrected chi connectivity index (χ0v) is 53.8. The molecule has 0 spiro atoms. The van der Waals surface area contributed by atoms with Crippen LogP contribution < -0.4 is 0 Å². The van der Waals surface area contributed by atoms with E-state index >= 15 is 0 Å². The zero-order valence-electron chi connectivity index (χ0n) is 53.8. The van der Waals surface area contributed by atoms with E-state index in [1.807, 2.05) is 0 Å². The Bertz CT molecular complexity index is 1530. The standard InChI is InChI=1S/C75H132O6/c1-4-7-10-13-16-19-22-25-28-30-32-33-34-35-36-37-38-39-40-41-43-44-47-50-53-56-59-62-65-68-74(77)80-71-72(70-79-73(76)67-64-61-58-55-52-49-46-27-24-21-18-15-12-9-6-3)81-75(78)69-66-63-60-57-54-51-48-45-42-31-29-26-23-20-17-14-11-8-5-2/h7,10,16-17,19-20,25-29,32-33,46,72H,4-6,8-9,11-15,18,21-24,30-31,34-45,47-71H2,1-3H3/b10-7-,19-16-,20-17-,28-25-,29-26-,33-32-,46-27-. The van der Waals surface area contributed by atoms with E-state index in [1.165, 1.54) is 218 Å². The molecule has 0 bridgehead atoms. The van der Waals surface area contributed by atoms with Gasteiger partial charge < -0.3 is 14.2 Å². The Hall–Kier alpha value is -3.41. The molecular weight excluding hydrogens is 997 g/mol. The first-order valence-corrected chi connectivity index (χ1v) is 35.1. The summed E-state index contributed by atoms with van der Waals surface area (Å²) >= 11 is 0. The lowest BCUT2D eigenvalue weighted by atomic mass is 10.0. The van der Waals surface area contributed by atoms with Gasteiger partial charge in [0.1, 0.15) is 13.2 Å². The number of allylic oxidation sites excluding steroid dienone is 14. The number of hydrogen-bond donors (Lipinski definition) is 0. The third kappa shape index (κ3) is 67.3. The number of esters is 3. The summed E-state index contributed by atoms with van der Waals surface area (Å²) < 4.78 is 17.0. The molecule has 0 N–H and O–H groups in total. The van der Waals surface area contributed by atoms with Crippen LogP contribution in [0.4, 0.5) is 0 Å². The predicted octanol–water partition coefficient (Wildman–Crippen LogP) is 24.2. The van der Waals surface area contributed by atoms with Gasteiger partial charge in [0.25, 0.3) is 0 Å². The van der Waals surface area contributed by atoms with E-state index in [1.54, 1.807) is 0 Å². The summed E-state index contributed by atoms with van der Waals surface area (Å²) in [6.45, 7) is 6.53. The van der Waals surface area contributed by atoms with Gasteiger partial charge in [0.2, 0.25) is 0 Å². The Balaban J connectivity index is 4.26. The van der Waals surface area contributed by atoms with E-state index in [-0.39, 0.29) is 31.1 Å². The molecule has 0 amide bonds. The van der Waals surface area contributed by atoms with Crippen molar-refractivity contribution >= 4 is 17.9 Å². The lowest BCUT2D eigenvalue weighted by Gasteiger charge is -2.18. The van der Waals surface area contributed by atoms with Crippen molar-refractivity contribution in [3.63, 3.8) is 0 Å². The number of hydrogen-bond acceptors (Lipinski definition) is 6. The van der Waals surface area contributed by atoms with Crippen molar-refractivity contribution in [2.45, 2.75) is 361 Å². The molecule has 0 rings (SSSR count). The van der Waals surface area contributed by atoms with Crippen LogP contribution in [0.15, 0.2) is 85.1 Å². The van der Waals surface area contributed by atoms with Gasteiger partial charge in [0.05, 0.1) is 0 Å². The minimum atomic E-state index is -0.782. The molecule has 81 heavy (non-hydrogen) atoms. The lowest BCUT2D eigenvalue weighted by Crippen LogP contribution is -2.30. The summed E-state index contributed by atoms with van der Waals surface area (Å²) in [6, 6.07) is 0. The minimum Gasteiger partial charge on any atom is -0.462 e. The van der Waals surface area contributed by atoms with Gasteiger partial charge in [0.15, 0.2) is 6.10 Å². The van der Waals surface area contributed by atoms with Crippen molar-refractivity contribution in [1.82, 2.24) is 0 Å². The van der Waals surface area contributed by atoms with Crippen molar-refractivity contribution in [1.29, 1.82) is 0 Å². The average Bonchev–Trinajstić information content (AvgIpc) is 3.47. The smallest absolute Gasteiger partial charge is 0.306 e. The highest BCUT2D eigenvalue weighted by Gasteiger charge is 2.19. The van der Waals surface area contributed by atoms with Crippen molar-refractivity contribution in [3.8, 4) is 0 Å². The van der Waals surface area contributed by atoms with E-state index < -0.39 is 6.10 Å². The molecule has 0 aromatic heterocycles. The maximum atomic E-state index is 12.9. The minimum absolute atomic E-state index is 0.0775. The van der Waals surface area contributed by atoms with Crippen LogP contribution in [0.1, 0.15) is 355 Å². The zero-order chi connectivity index (χ0) is 58.5. The maximum absolute atomic E-state index is 12.9. The van der Waals surface area contributed by atoms with Gasteiger partial charge in [-0.2, -0.15) is 0 Å². The number of rotatable bonds is 64. The van der Waals surface area contributed by atoms with Gasteiger partial charge in [-0.25, -0.2) is 0 Å². The number of ether oxygens (including phenoxy) is 3. The molecule has 0 saturated carbocycles. The van der Waals surface area contributed by atoms with Gasteiger partial charge in [-0.15, -0.1) is 0 Å². The van der Waals surface area contributed by atoms with Gasteiger partial charge in [0, 0.05) is 19.3 Å². The van der Waals surface area contributed by atoms with E-state index in [2.05, 4.69) is 106 Å². The summed E-state index contributed by atoms with van der Waals surface area (Å²) in [5.41, 5.74) is 0. The van der Waals surface area contributed by atoms with Crippen LogP contribution in [0.3, 0.4) is 0 Å². The van der Waals surface area contributed by atoms with Crippen LogP contribution >= 0.6 is 0 Å². The molecule has 0 aliphatic heterocycles. The molecule has 0 aliphatic carbocycles. The van der Waals surface area contributed by atoms with Gasteiger partial charge in [-0.1, -0.05) is 305 Å². The molecule has 0 saturated heterocycles. The Labute approximate surface area is 503 Å². The molecule has 0 aliphatic rings. The number of carbonyl (C=O) groups excluding carboxylic acids is 3. The second-order valence-electron chi connectivity index (χ2n) is 23.4. The Morgan fingerprint density at radius 2 is 0.481 bits per heavy atom. The molecule has 6 heteroatoms. The molecule has 1 atom stereocenters. The normalized spacial score (nSPS) is 12.6. The predicted molar refractivity (Wildman–Crippen MR) is 353 cm³/mol. The highest BCUT2D eigenvalue weighted by molar-refractivity contribution is 5.71. The first-order valence-electron chi connectivity index (χ1n) is 35.1. The fraction of sp³-hybridized carbons (Fsp3) is 0.773. The van der Waals surface area contributed by atoms with E-state index in [0.29, 0.717) is 19.3 Å². The molecule has 0 radical (unpaired) electrons. The second-order valence-corrected chi connectivity index (χ2v) is 23.4. The fourth-order valence-corrected chi connectivity index (χ4v) is 10.1. The van der Waals surface area contributed by atoms with Gasteiger partial charge >= 0.3 is 17.9 Å². The number of carbonyl (C=O) groups is 3. The largest absolute Gasteiger partial charge is 0.462 e. The monoisotopic (exact) mass is 1130 g/mol. The summed E-state index contributed by atoms with van der Waals surface area (Å²) in [7, 11) is 0. The van der Waals surface area contributed by atoms with Crippen LogP contribution in [0.5, 0.6) is 0 Å². The van der Waals surface area contributed by atoms with Crippen LogP contribution in [0.2, 0.25) is 0 Å². The van der Waals surface area contributed by atoms with Crippen molar-refractivity contribution in [2.24, 2.45) is 0 Å². The quantitative estimate of drug-likeness (QED) is 0.0261. The van der Waals surface area contributed by atoms with E-state index in [9.17, 15) is 14.4 Å². The average molecular weight is 1130 g/mol. The van der Waals surface area contributed by atoms with Crippen LogP contribution in [0.25, 0.3) is 0 Å². The van der Waals surface area contributed by atoms with Crippen LogP contribution in [-0.4, -0.2) is 37.2 Å². The summed E-state index contributed by atoms with van der Waals surface area (Å²) in [5.74, 6) is -0.872. The highest BCUT2D eigenvalue weighted by Crippen LogP contribution is 2.17. The van der Waals surface area contributed by atoms with Crippen molar-refractivity contribution in [2.75, 3.05) is 13.2 Å². The molecule has 6 nitrogen and oxygen atoms in total. The molecule has 468 valence electrons. The summed E-state index contributed by atoms with van der Waals surface area (Å²) in [6.07, 6.45) is 91.8. The van der Waals surface area contributed by atoms with Crippen LogP contribution in [0, 0.1) is 0 Å². The van der Waals surface area contributed by atoms with E-state index in [0.717, 1.165) is 96.3 Å². The van der Waals surface area contributed by atoms with Gasteiger partial charge in [-0.05, 0) is 116 Å². The lowest BCUT2D eigenvalue weighted by molar-refractivity contribution is -0.167. The fourth-order valence-electron chi connectivity index (χ4n) is 10.1. The molecule has 0 fully saturated rings. The highest BCUT2D eigenvalue weighted by atomic mass is 16.6. The first-order chi connectivity index (χ1) is 40.0.